The largest absolute Gasteiger partial charge is 0.384 e. The van der Waals surface area contributed by atoms with E-state index in [1.54, 1.807) is 0 Å². The summed E-state index contributed by atoms with van der Waals surface area (Å²) in [4.78, 5) is 14.4. The van der Waals surface area contributed by atoms with Crippen molar-refractivity contribution in [3.05, 3.63) is 35.4 Å². The summed E-state index contributed by atoms with van der Waals surface area (Å²) in [6, 6.07) is 7.30. The molecule has 1 amide bonds. The van der Waals surface area contributed by atoms with Crippen LogP contribution in [0.2, 0.25) is 0 Å². The minimum atomic E-state index is -0.146. The van der Waals surface area contributed by atoms with Gasteiger partial charge in [-0.25, -0.2) is 0 Å². The highest BCUT2D eigenvalue weighted by Crippen LogP contribution is 2.20. The van der Waals surface area contributed by atoms with Gasteiger partial charge in [-0.2, -0.15) is 0 Å². The summed E-state index contributed by atoms with van der Waals surface area (Å²) in [7, 11) is 0. The minimum Gasteiger partial charge on any atom is -0.384 e. The molecule has 0 aromatic heterocycles. The predicted molar refractivity (Wildman–Crippen MR) is 79.3 cm³/mol. The molecule has 1 fully saturated rings. The van der Waals surface area contributed by atoms with Gasteiger partial charge in [0, 0.05) is 24.2 Å². The first-order valence-corrected chi connectivity index (χ1v) is 7.23. The molecule has 1 aromatic carbocycles. The van der Waals surface area contributed by atoms with Crippen LogP contribution >= 0.6 is 0 Å². The van der Waals surface area contributed by atoms with Crippen LogP contribution in [-0.2, 0) is 0 Å². The van der Waals surface area contributed by atoms with E-state index in [1.807, 2.05) is 29.2 Å². The minimum absolute atomic E-state index is 0.116. The van der Waals surface area contributed by atoms with Crippen LogP contribution < -0.4 is 0 Å². The number of carbonyl (C=O) groups is 1. The average molecular weight is 271 g/mol. The van der Waals surface area contributed by atoms with Gasteiger partial charge in [0.15, 0.2) is 0 Å². The monoisotopic (exact) mass is 271 g/mol. The Morgan fingerprint density at radius 2 is 2.15 bits per heavy atom. The third kappa shape index (κ3) is 3.61. The Labute approximate surface area is 120 Å². The second kappa shape index (κ2) is 7.12. The van der Waals surface area contributed by atoms with Gasteiger partial charge in [-0.05, 0) is 43.0 Å². The van der Waals surface area contributed by atoms with Gasteiger partial charge in [0.2, 0.25) is 0 Å². The molecule has 1 unspecified atom stereocenters. The van der Waals surface area contributed by atoms with E-state index in [-0.39, 0.29) is 12.5 Å². The second-order valence-corrected chi connectivity index (χ2v) is 5.20. The quantitative estimate of drug-likeness (QED) is 0.838. The number of nitrogens with zero attached hydrogens (tertiary/aromatic N) is 1. The lowest BCUT2D eigenvalue weighted by Crippen LogP contribution is -2.39. The van der Waals surface area contributed by atoms with E-state index < -0.39 is 0 Å². The van der Waals surface area contributed by atoms with Crippen LogP contribution in [0.1, 0.15) is 42.1 Å². The number of rotatable bonds is 2. The van der Waals surface area contributed by atoms with E-state index in [4.69, 9.17) is 5.11 Å². The van der Waals surface area contributed by atoms with Crippen LogP contribution in [0.15, 0.2) is 24.3 Å². The molecule has 3 heteroatoms. The summed E-state index contributed by atoms with van der Waals surface area (Å²) in [5, 5.41) is 8.65. The smallest absolute Gasteiger partial charge is 0.253 e. The number of hydrogen-bond acceptors (Lipinski definition) is 2. The molecule has 0 aliphatic carbocycles. The number of amides is 1. The van der Waals surface area contributed by atoms with Crippen LogP contribution in [0.5, 0.6) is 0 Å². The van der Waals surface area contributed by atoms with Gasteiger partial charge in [0.05, 0.1) is 0 Å². The van der Waals surface area contributed by atoms with Crippen LogP contribution in [0.4, 0.5) is 0 Å². The molecule has 0 radical (unpaired) electrons. The van der Waals surface area contributed by atoms with E-state index in [9.17, 15) is 4.79 Å². The van der Waals surface area contributed by atoms with Gasteiger partial charge in [0.1, 0.15) is 6.61 Å². The first kappa shape index (κ1) is 14.6. The Hall–Kier alpha value is -1.79. The molecule has 0 bridgehead atoms. The third-order valence-corrected chi connectivity index (χ3v) is 3.83. The number of benzene rings is 1. The molecule has 20 heavy (non-hydrogen) atoms. The van der Waals surface area contributed by atoms with E-state index in [2.05, 4.69) is 18.8 Å². The molecule has 0 spiro atoms. The van der Waals surface area contributed by atoms with Gasteiger partial charge in [-0.15, -0.1) is 0 Å². The molecule has 1 heterocycles. The molecular formula is C17H21NO2. The van der Waals surface area contributed by atoms with Gasteiger partial charge in [-0.1, -0.05) is 25.2 Å². The SMILES string of the molecule is CCC1CCCN(C(=O)c2ccc(C#CCO)cc2)C1. The maximum absolute atomic E-state index is 12.4. The summed E-state index contributed by atoms with van der Waals surface area (Å²) < 4.78 is 0. The third-order valence-electron chi connectivity index (χ3n) is 3.83. The zero-order valence-corrected chi connectivity index (χ0v) is 11.9. The Kier molecular flexibility index (Phi) is 5.20. The maximum atomic E-state index is 12.4. The Morgan fingerprint density at radius 1 is 1.40 bits per heavy atom. The van der Waals surface area contributed by atoms with Crippen molar-refractivity contribution in [3.8, 4) is 11.8 Å². The fraction of sp³-hybridized carbons (Fsp3) is 0.471. The van der Waals surface area contributed by atoms with Crippen molar-refractivity contribution in [1.82, 2.24) is 4.90 Å². The predicted octanol–water partition coefficient (Wildman–Crippen LogP) is 2.29. The van der Waals surface area contributed by atoms with Gasteiger partial charge < -0.3 is 10.0 Å². The standard InChI is InChI=1S/C17H21NO2/c1-2-14-5-3-11-18(13-14)17(20)16-9-7-15(8-10-16)6-4-12-19/h7-10,14,19H,2-3,5,11-13H2,1H3. The first-order valence-electron chi connectivity index (χ1n) is 7.23. The van der Waals surface area contributed by atoms with Crippen molar-refractivity contribution in [3.63, 3.8) is 0 Å². The van der Waals surface area contributed by atoms with Crippen molar-refractivity contribution < 1.29 is 9.90 Å². The Bertz CT molecular complexity index is 510. The molecule has 1 atom stereocenters. The van der Waals surface area contributed by atoms with E-state index in [1.165, 1.54) is 6.42 Å². The van der Waals surface area contributed by atoms with Crippen molar-refractivity contribution in [1.29, 1.82) is 0 Å². The summed E-state index contributed by atoms with van der Waals surface area (Å²) in [6.45, 7) is 3.78. The molecule has 106 valence electrons. The topological polar surface area (TPSA) is 40.5 Å². The molecule has 1 aliphatic heterocycles. The second-order valence-electron chi connectivity index (χ2n) is 5.20. The van der Waals surface area contributed by atoms with E-state index >= 15 is 0 Å². The lowest BCUT2D eigenvalue weighted by atomic mass is 9.95. The zero-order chi connectivity index (χ0) is 14.4. The number of hydrogen-bond donors (Lipinski definition) is 1. The van der Waals surface area contributed by atoms with Crippen LogP contribution in [0.25, 0.3) is 0 Å². The highest BCUT2D eigenvalue weighted by atomic mass is 16.2. The van der Waals surface area contributed by atoms with Crippen LogP contribution in [-0.4, -0.2) is 35.6 Å². The van der Waals surface area contributed by atoms with Crippen molar-refractivity contribution in [2.45, 2.75) is 26.2 Å². The lowest BCUT2D eigenvalue weighted by molar-refractivity contribution is 0.0671. The van der Waals surface area contributed by atoms with Gasteiger partial charge >= 0.3 is 0 Å². The summed E-state index contributed by atoms with van der Waals surface area (Å²) in [5.74, 6) is 6.19. The Balaban J connectivity index is 2.05. The summed E-state index contributed by atoms with van der Waals surface area (Å²) >= 11 is 0. The van der Waals surface area contributed by atoms with E-state index in [0.29, 0.717) is 5.92 Å². The fourth-order valence-electron chi connectivity index (χ4n) is 2.60. The van der Waals surface area contributed by atoms with Crippen LogP contribution in [0.3, 0.4) is 0 Å². The van der Waals surface area contributed by atoms with Crippen molar-refractivity contribution in [2.75, 3.05) is 19.7 Å². The molecule has 2 rings (SSSR count). The van der Waals surface area contributed by atoms with Crippen molar-refractivity contribution >= 4 is 5.91 Å². The van der Waals surface area contributed by atoms with Crippen LogP contribution in [0, 0.1) is 17.8 Å². The molecule has 0 saturated carbocycles. The maximum Gasteiger partial charge on any atom is 0.253 e. The molecule has 1 N–H and O–H groups in total. The highest BCUT2D eigenvalue weighted by Gasteiger charge is 2.23. The van der Waals surface area contributed by atoms with Gasteiger partial charge in [0.25, 0.3) is 5.91 Å². The normalized spacial score (nSPS) is 18.3. The molecular weight excluding hydrogens is 250 g/mol. The summed E-state index contributed by atoms with van der Waals surface area (Å²) in [6.07, 6.45) is 3.47. The molecule has 1 saturated heterocycles. The zero-order valence-electron chi connectivity index (χ0n) is 11.9. The van der Waals surface area contributed by atoms with Gasteiger partial charge in [-0.3, -0.25) is 4.79 Å². The number of aliphatic hydroxyl groups is 1. The molecule has 1 aliphatic rings. The molecule has 3 nitrogen and oxygen atoms in total. The average Bonchev–Trinajstić information content (AvgIpc) is 2.52. The van der Waals surface area contributed by atoms with E-state index in [0.717, 1.165) is 37.1 Å². The highest BCUT2D eigenvalue weighted by molar-refractivity contribution is 5.94. The van der Waals surface area contributed by atoms with Crippen molar-refractivity contribution in [2.24, 2.45) is 5.92 Å². The molecule has 1 aromatic rings. The Morgan fingerprint density at radius 3 is 2.80 bits per heavy atom. The first-order chi connectivity index (χ1) is 9.74. The number of carbonyl (C=O) groups excluding carboxylic acids is 1. The number of aliphatic hydroxyl groups excluding tert-OH is 1. The fourth-order valence-corrected chi connectivity index (χ4v) is 2.60. The summed E-state index contributed by atoms with van der Waals surface area (Å²) in [5.41, 5.74) is 1.54. The number of likely N-dealkylation sites (tertiary alicyclic amines) is 1. The number of piperidine rings is 1. The lowest BCUT2D eigenvalue weighted by Gasteiger charge is -2.32.